The molecule has 13 heavy (non-hydrogen) atoms. The molecule has 4 nitrogen and oxygen atoms in total. The second-order valence-electron chi connectivity index (χ2n) is 3.74. The van der Waals surface area contributed by atoms with E-state index in [1.165, 1.54) is 0 Å². The molecule has 3 N–H and O–H groups in total. The minimum atomic E-state index is -3.12. The molecular formula is C8H18N2O2S. The summed E-state index contributed by atoms with van der Waals surface area (Å²) < 4.78 is 25.4. The summed E-state index contributed by atoms with van der Waals surface area (Å²) in [5.74, 6) is 0.503. The largest absolute Gasteiger partial charge is 0.329 e. The highest BCUT2D eigenvalue weighted by molar-refractivity contribution is 7.89. The standard InChI is InChI=1S/C8H18N2O2S/c1-7-3-2-4-8(7)10-13(11,12)6-5-9/h7-8,10H,2-6,9H2,1H3. The first-order valence-electron chi connectivity index (χ1n) is 4.75. The van der Waals surface area contributed by atoms with Gasteiger partial charge in [0.2, 0.25) is 10.0 Å². The minimum Gasteiger partial charge on any atom is -0.329 e. The Morgan fingerprint density at radius 3 is 2.62 bits per heavy atom. The number of hydrogen-bond acceptors (Lipinski definition) is 3. The van der Waals surface area contributed by atoms with Gasteiger partial charge < -0.3 is 5.73 Å². The first-order valence-corrected chi connectivity index (χ1v) is 6.40. The highest BCUT2D eigenvalue weighted by Gasteiger charge is 2.26. The fraction of sp³-hybridized carbons (Fsp3) is 1.00. The Labute approximate surface area is 79.9 Å². The molecule has 0 aromatic rings. The van der Waals surface area contributed by atoms with Gasteiger partial charge in [-0.3, -0.25) is 0 Å². The Kier molecular flexibility index (Phi) is 3.70. The van der Waals surface area contributed by atoms with E-state index < -0.39 is 10.0 Å². The molecule has 2 atom stereocenters. The topological polar surface area (TPSA) is 72.2 Å². The Bertz CT molecular complexity index is 251. The number of sulfonamides is 1. The van der Waals surface area contributed by atoms with Crippen molar-refractivity contribution < 1.29 is 8.42 Å². The van der Waals surface area contributed by atoms with Gasteiger partial charge in [-0.25, -0.2) is 13.1 Å². The molecule has 0 spiro atoms. The Morgan fingerprint density at radius 2 is 2.15 bits per heavy atom. The lowest BCUT2D eigenvalue weighted by Crippen LogP contribution is -2.39. The van der Waals surface area contributed by atoms with Gasteiger partial charge in [0.15, 0.2) is 0 Å². The maximum absolute atomic E-state index is 11.3. The summed E-state index contributed by atoms with van der Waals surface area (Å²) in [4.78, 5) is 0. The molecule has 1 saturated carbocycles. The smallest absolute Gasteiger partial charge is 0.213 e. The van der Waals surface area contributed by atoms with E-state index in [4.69, 9.17) is 5.73 Å². The third kappa shape index (κ3) is 3.25. The van der Waals surface area contributed by atoms with Crippen molar-refractivity contribution in [1.29, 1.82) is 0 Å². The van der Waals surface area contributed by atoms with Crippen LogP contribution in [0.15, 0.2) is 0 Å². The maximum atomic E-state index is 11.3. The number of hydrogen-bond donors (Lipinski definition) is 2. The van der Waals surface area contributed by atoms with E-state index in [0.717, 1.165) is 19.3 Å². The van der Waals surface area contributed by atoms with E-state index in [9.17, 15) is 8.42 Å². The molecule has 0 amide bonds. The van der Waals surface area contributed by atoms with Crippen LogP contribution in [0.2, 0.25) is 0 Å². The molecule has 78 valence electrons. The van der Waals surface area contributed by atoms with E-state index in [0.29, 0.717) is 5.92 Å². The fourth-order valence-corrected chi connectivity index (χ4v) is 3.00. The number of rotatable bonds is 4. The van der Waals surface area contributed by atoms with E-state index in [-0.39, 0.29) is 18.3 Å². The maximum Gasteiger partial charge on any atom is 0.213 e. The van der Waals surface area contributed by atoms with Crippen molar-refractivity contribution in [1.82, 2.24) is 4.72 Å². The average molecular weight is 206 g/mol. The van der Waals surface area contributed by atoms with Crippen LogP contribution in [0.5, 0.6) is 0 Å². The van der Waals surface area contributed by atoms with Gasteiger partial charge in [0.1, 0.15) is 0 Å². The second kappa shape index (κ2) is 4.39. The molecule has 1 fully saturated rings. The Balaban J connectivity index is 2.47. The van der Waals surface area contributed by atoms with Crippen molar-refractivity contribution in [3.63, 3.8) is 0 Å². The average Bonchev–Trinajstić information content (AvgIpc) is 2.35. The van der Waals surface area contributed by atoms with Crippen LogP contribution in [0, 0.1) is 5.92 Å². The predicted molar refractivity (Wildman–Crippen MR) is 52.8 cm³/mol. The van der Waals surface area contributed by atoms with Crippen LogP contribution in [0.25, 0.3) is 0 Å². The molecule has 5 heteroatoms. The summed E-state index contributed by atoms with van der Waals surface area (Å²) in [7, 11) is -3.12. The zero-order chi connectivity index (χ0) is 9.90. The van der Waals surface area contributed by atoms with Crippen molar-refractivity contribution in [3.05, 3.63) is 0 Å². The van der Waals surface area contributed by atoms with E-state index in [1.807, 2.05) is 0 Å². The molecule has 0 aliphatic heterocycles. The van der Waals surface area contributed by atoms with Crippen molar-refractivity contribution in [2.45, 2.75) is 32.2 Å². The monoisotopic (exact) mass is 206 g/mol. The van der Waals surface area contributed by atoms with Gasteiger partial charge in [-0.15, -0.1) is 0 Å². The van der Waals surface area contributed by atoms with E-state index >= 15 is 0 Å². The first kappa shape index (κ1) is 10.9. The fourth-order valence-electron chi connectivity index (χ4n) is 1.77. The van der Waals surface area contributed by atoms with Crippen LogP contribution >= 0.6 is 0 Å². The lowest BCUT2D eigenvalue weighted by atomic mass is 10.1. The molecule has 2 unspecified atom stereocenters. The van der Waals surface area contributed by atoms with Gasteiger partial charge in [-0.1, -0.05) is 13.3 Å². The highest BCUT2D eigenvalue weighted by Crippen LogP contribution is 2.25. The molecule has 1 rings (SSSR count). The van der Waals surface area contributed by atoms with Crippen molar-refractivity contribution >= 4 is 10.0 Å². The Morgan fingerprint density at radius 1 is 1.46 bits per heavy atom. The van der Waals surface area contributed by atoms with Crippen LogP contribution in [0.3, 0.4) is 0 Å². The normalized spacial score (nSPS) is 29.4. The van der Waals surface area contributed by atoms with Gasteiger partial charge >= 0.3 is 0 Å². The van der Waals surface area contributed by atoms with Gasteiger partial charge in [0, 0.05) is 12.6 Å². The van der Waals surface area contributed by atoms with Crippen LogP contribution in [-0.2, 0) is 10.0 Å². The molecule has 0 aromatic carbocycles. The SMILES string of the molecule is CC1CCCC1NS(=O)(=O)CCN. The van der Waals surface area contributed by atoms with E-state index in [1.54, 1.807) is 0 Å². The van der Waals surface area contributed by atoms with Crippen molar-refractivity contribution in [3.8, 4) is 0 Å². The summed E-state index contributed by atoms with van der Waals surface area (Å²) in [6, 6.07) is 0.136. The Hall–Kier alpha value is -0.130. The summed E-state index contributed by atoms with van der Waals surface area (Å²) in [6.07, 6.45) is 3.21. The van der Waals surface area contributed by atoms with E-state index in [2.05, 4.69) is 11.6 Å². The number of nitrogens with two attached hydrogens (primary N) is 1. The van der Waals surface area contributed by atoms with Gasteiger partial charge in [-0.2, -0.15) is 0 Å². The molecule has 0 saturated heterocycles. The van der Waals surface area contributed by atoms with Crippen molar-refractivity contribution in [2.75, 3.05) is 12.3 Å². The number of nitrogens with one attached hydrogen (secondary N) is 1. The zero-order valence-electron chi connectivity index (χ0n) is 7.99. The van der Waals surface area contributed by atoms with Crippen LogP contribution in [-0.4, -0.2) is 26.8 Å². The summed E-state index contributed by atoms with van der Waals surface area (Å²) in [5, 5.41) is 0. The molecule has 1 aliphatic carbocycles. The first-order chi connectivity index (χ1) is 6.05. The van der Waals surface area contributed by atoms with Crippen LogP contribution in [0.1, 0.15) is 26.2 Å². The van der Waals surface area contributed by atoms with Crippen molar-refractivity contribution in [2.24, 2.45) is 11.7 Å². The lowest BCUT2D eigenvalue weighted by molar-refractivity contribution is 0.476. The lowest BCUT2D eigenvalue weighted by Gasteiger charge is -2.16. The second-order valence-corrected chi connectivity index (χ2v) is 5.61. The molecule has 1 aliphatic rings. The zero-order valence-corrected chi connectivity index (χ0v) is 8.81. The third-order valence-corrected chi connectivity index (χ3v) is 4.01. The molecule has 0 heterocycles. The quantitative estimate of drug-likeness (QED) is 0.683. The van der Waals surface area contributed by atoms with Crippen LogP contribution in [0.4, 0.5) is 0 Å². The molecule has 0 radical (unpaired) electrons. The third-order valence-electron chi connectivity index (χ3n) is 2.58. The van der Waals surface area contributed by atoms with Gasteiger partial charge in [0.05, 0.1) is 5.75 Å². The molecule has 0 aromatic heterocycles. The summed E-state index contributed by atoms with van der Waals surface area (Å²) in [6.45, 7) is 2.28. The van der Waals surface area contributed by atoms with Gasteiger partial charge in [0.25, 0.3) is 0 Å². The highest BCUT2D eigenvalue weighted by atomic mass is 32.2. The van der Waals surface area contributed by atoms with Crippen LogP contribution < -0.4 is 10.5 Å². The molecular weight excluding hydrogens is 188 g/mol. The molecule has 0 bridgehead atoms. The van der Waals surface area contributed by atoms with Gasteiger partial charge in [-0.05, 0) is 18.8 Å². The predicted octanol–water partition coefficient (Wildman–Crippen LogP) is 0.0531. The minimum absolute atomic E-state index is 0.0379. The summed E-state index contributed by atoms with van der Waals surface area (Å²) in [5.41, 5.74) is 5.20. The summed E-state index contributed by atoms with van der Waals surface area (Å²) >= 11 is 0.